The molecule has 0 amide bonds. The summed E-state index contributed by atoms with van der Waals surface area (Å²) in [5.41, 5.74) is 5.61. The van der Waals surface area contributed by atoms with Crippen molar-refractivity contribution < 1.29 is 0 Å². The highest BCUT2D eigenvalue weighted by Crippen LogP contribution is 2.30. The molecule has 0 saturated carbocycles. The fourth-order valence-corrected chi connectivity index (χ4v) is 5.40. The number of hydrogen-bond donors (Lipinski definition) is 1. The van der Waals surface area contributed by atoms with Gasteiger partial charge in [0.1, 0.15) is 0 Å². The van der Waals surface area contributed by atoms with Gasteiger partial charge in [-0.2, -0.15) is 0 Å². The first-order valence-electron chi connectivity index (χ1n) is 12.8. The number of rotatable bonds is 6. The molecular weight excluding hydrogens is 442 g/mol. The fourth-order valence-electron chi connectivity index (χ4n) is 5.17. The van der Waals surface area contributed by atoms with Gasteiger partial charge in [0.05, 0.1) is 0 Å². The van der Waals surface area contributed by atoms with Crippen LogP contribution < -0.4 is 5.32 Å². The Bertz CT molecular complexity index is 954. The van der Waals surface area contributed by atoms with Crippen LogP contribution >= 0.6 is 11.6 Å². The fraction of sp³-hybridized carbons (Fsp3) is 0.500. The normalized spacial score (nSPS) is 25.8. The van der Waals surface area contributed by atoms with E-state index in [-0.39, 0.29) is 0 Å². The monoisotopic (exact) mass is 479 g/mol. The Morgan fingerprint density at radius 1 is 1.09 bits per heavy atom. The molecule has 0 aromatic carbocycles. The number of aromatic nitrogens is 1. The van der Waals surface area contributed by atoms with Crippen LogP contribution in [-0.2, 0) is 6.54 Å². The third-order valence-corrected chi connectivity index (χ3v) is 7.24. The molecule has 34 heavy (non-hydrogen) atoms. The lowest BCUT2D eigenvalue weighted by atomic mass is 9.95. The first-order valence-corrected chi connectivity index (χ1v) is 13.2. The molecule has 1 aromatic rings. The lowest BCUT2D eigenvalue weighted by molar-refractivity contribution is 0.125. The number of likely N-dealkylation sites (tertiary alicyclic amines) is 1. The maximum absolute atomic E-state index is 6.33. The van der Waals surface area contributed by atoms with Crippen LogP contribution in [0.5, 0.6) is 0 Å². The van der Waals surface area contributed by atoms with E-state index >= 15 is 0 Å². The molecule has 6 heteroatoms. The minimum Gasteiger partial charge on any atom is -0.371 e. The zero-order valence-electron chi connectivity index (χ0n) is 20.6. The smallest absolute Gasteiger partial charge is 0.0427 e. The van der Waals surface area contributed by atoms with Gasteiger partial charge in [-0.3, -0.25) is 14.9 Å². The quantitative estimate of drug-likeness (QED) is 0.617. The van der Waals surface area contributed by atoms with Crippen molar-refractivity contribution in [1.82, 2.24) is 20.1 Å². The molecule has 6 rings (SSSR count). The SMILES string of the molecule is CC.Cl/C1=C/C=C2\CNC(C=C2N2CCC(N(CC3=CC=NCC3)Cc3ccncc3)CC2)C1. The van der Waals surface area contributed by atoms with E-state index < -0.39 is 0 Å². The maximum Gasteiger partial charge on any atom is 0.0427 e. The summed E-state index contributed by atoms with van der Waals surface area (Å²) >= 11 is 6.33. The largest absolute Gasteiger partial charge is 0.371 e. The molecule has 1 aromatic heterocycles. The summed E-state index contributed by atoms with van der Waals surface area (Å²) in [6.45, 7) is 10.1. The Morgan fingerprint density at radius 3 is 2.62 bits per heavy atom. The van der Waals surface area contributed by atoms with Crippen LogP contribution in [0.4, 0.5) is 0 Å². The standard InChI is InChI=1S/C26H32ClN5.C2H6/c27-23-2-1-22-17-30-24(15-23)16-26(22)31-13-7-25(8-14-31)32(18-20-3-9-28-10-4-20)19-21-5-11-29-12-6-21;1-2/h1-5,9-11,16,24-25,30H,6-8,12-15,17-19H2;1-2H3/b22-1+,23-2+;. The number of dihydropyridines is 1. The molecule has 1 unspecified atom stereocenters. The van der Waals surface area contributed by atoms with Crippen molar-refractivity contribution in [3.63, 3.8) is 0 Å². The predicted octanol–water partition coefficient (Wildman–Crippen LogP) is 5.08. The van der Waals surface area contributed by atoms with E-state index in [0.29, 0.717) is 12.1 Å². The number of nitrogens with zero attached hydrogens (tertiary/aromatic N) is 4. The van der Waals surface area contributed by atoms with Crippen molar-refractivity contribution in [2.75, 3.05) is 32.7 Å². The summed E-state index contributed by atoms with van der Waals surface area (Å²) < 4.78 is 0. The van der Waals surface area contributed by atoms with Crippen molar-refractivity contribution >= 4 is 17.8 Å². The minimum atomic E-state index is 0.340. The second kappa shape index (κ2) is 12.5. The Hall–Kier alpha value is -2.21. The number of nitrogens with one attached hydrogen (secondary N) is 1. The van der Waals surface area contributed by atoms with Crippen molar-refractivity contribution in [2.24, 2.45) is 4.99 Å². The Labute approximate surface area is 210 Å². The highest BCUT2D eigenvalue weighted by molar-refractivity contribution is 6.29. The van der Waals surface area contributed by atoms with Crippen LogP contribution in [0.25, 0.3) is 0 Å². The van der Waals surface area contributed by atoms with Crippen molar-refractivity contribution in [3.8, 4) is 0 Å². The molecule has 1 fully saturated rings. The second-order valence-electron chi connectivity index (χ2n) is 9.16. The number of allylic oxidation sites excluding steroid dienone is 3. The molecule has 1 saturated heterocycles. The van der Waals surface area contributed by atoms with Gasteiger partial charge in [0, 0.05) is 87.1 Å². The van der Waals surface area contributed by atoms with E-state index in [1.54, 1.807) is 0 Å². The Balaban J connectivity index is 0.00000133. The van der Waals surface area contributed by atoms with Crippen molar-refractivity contribution in [2.45, 2.75) is 58.2 Å². The molecule has 5 nitrogen and oxygen atoms in total. The van der Waals surface area contributed by atoms with Crippen molar-refractivity contribution in [1.29, 1.82) is 0 Å². The van der Waals surface area contributed by atoms with Crippen LogP contribution in [0.3, 0.4) is 0 Å². The van der Waals surface area contributed by atoms with Crippen molar-refractivity contribution in [3.05, 3.63) is 76.3 Å². The summed E-state index contributed by atoms with van der Waals surface area (Å²) in [5, 5.41) is 4.53. The number of fused-ring (bicyclic) bond motifs is 3. The van der Waals surface area contributed by atoms with E-state index in [4.69, 9.17) is 11.6 Å². The van der Waals surface area contributed by atoms with Gasteiger partial charge in [-0.25, -0.2) is 0 Å². The van der Waals surface area contributed by atoms with Gasteiger partial charge in [-0.15, -0.1) is 0 Å². The third kappa shape index (κ3) is 6.47. The molecule has 1 aliphatic carbocycles. The van der Waals surface area contributed by atoms with Crippen LogP contribution in [0, 0.1) is 0 Å². The molecule has 1 N–H and O–H groups in total. The topological polar surface area (TPSA) is 43.8 Å². The van der Waals surface area contributed by atoms with Gasteiger partial charge in [0.15, 0.2) is 0 Å². The summed E-state index contributed by atoms with van der Waals surface area (Å²) in [6, 6.07) is 5.22. The molecule has 5 aliphatic rings. The lowest BCUT2D eigenvalue weighted by Crippen LogP contribution is -2.47. The minimum absolute atomic E-state index is 0.340. The zero-order valence-corrected chi connectivity index (χ0v) is 21.3. The average molecular weight is 480 g/mol. The molecular formula is C28H38ClN5. The van der Waals surface area contributed by atoms with E-state index in [1.807, 2.05) is 32.5 Å². The van der Waals surface area contributed by atoms with E-state index in [1.165, 1.54) is 35.2 Å². The van der Waals surface area contributed by atoms with Gasteiger partial charge in [-0.1, -0.05) is 37.1 Å². The third-order valence-electron chi connectivity index (χ3n) is 6.96. The number of hydrogen-bond acceptors (Lipinski definition) is 5. The van der Waals surface area contributed by atoms with E-state index in [9.17, 15) is 0 Å². The summed E-state index contributed by atoms with van der Waals surface area (Å²) in [5.74, 6) is 0. The highest BCUT2D eigenvalue weighted by atomic mass is 35.5. The van der Waals surface area contributed by atoms with Gasteiger partial charge in [0.25, 0.3) is 0 Å². The molecule has 182 valence electrons. The second-order valence-corrected chi connectivity index (χ2v) is 9.64. The number of pyridine rings is 1. The zero-order chi connectivity index (χ0) is 23.8. The average Bonchev–Trinajstić information content (AvgIpc) is 2.88. The first kappa shape index (κ1) is 24.9. The van der Waals surface area contributed by atoms with Crippen LogP contribution in [0.2, 0.25) is 0 Å². The Kier molecular flexibility index (Phi) is 9.14. The highest BCUT2D eigenvalue weighted by Gasteiger charge is 2.29. The number of aliphatic imine (C=N–C) groups is 1. The summed E-state index contributed by atoms with van der Waals surface area (Å²) in [4.78, 5) is 13.8. The summed E-state index contributed by atoms with van der Waals surface area (Å²) in [7, 11) is 0. The van der Waals surface area contributed by atoms with Gasteiger partial charge >= 0.3 is 0 Å². The lowest BCUT2D eigenvalue weighted by Gasteiger charge is -2.42. The number of halogens is 1. The maximum atomic E-state index is 6.33. The van der Waals surface area contributed by atoms with E-state index in [2.05, 4.69) is 61.5 Å². The first-order chi connectivity index (χ1) is 16.7. The molecule has 0 spiro atoms. The molecule has 5 heterocycles. The van der Waals surface area contributed by atoms with Gasteiger partial charge in [-0.05, 0) is 60.8 Å². The summed E-state index contributed by atoms with van der Waals surface area (Å²) in [6.07, 6.45) is 19.0. The van der Waals surface area contributed by atoms with E-state index in [0.717, 1.165) is 57.1 Å². The van der Waals surface area contributed by atoms with Gasteiger partial charge < -0.3 is 10.2 Å². The molecule has 2 bridgehead atoms. The number of piperidine rings is 1. The Morgan fingerprint density at radius 2 is 1.88 bits per heavy atom. The molecule has 4 aliphatic heterocycles. The predicted molar refractivity (Wildman–Crippen MR) is 143 cm³/mol. The van der Waals surface area contributed by atoms with Crippen LogP contribution in [-0.4, -0.2) is 65.8 Å². The van der Waals surface area contributed by atoms with Gasteiger partial charge in [0.2, 0.25) is 0 Å². The molecule has 0 radical (unpaired) electrons. The van der Waals surface area contributed by atoms with Crippen LogP contribution in [0.1, 0.15) is 45.1 Å². The molecule has 1 atom stereocenters. The van der Waals surface area contributed by atoms with Crippen LogP contribution in [0.15, 0.2) is 75.7 Å².